The molecule has 4 N–H and O–H groups in total. The molecule has 1 aromatic carbocycles. The number of benzene rings is 1. The molecular weight excluding hydrogens is 282 g/mol. The lowest BCUT2D eigenvalue weighted by Crippen LogP contribution is -2.19. The molecule has 0 spiro atoms. The lowest BCUT2D eigenvalue weighted by molar-refractivity contribution is 0.102. The van der Waals surface area contributed by atoms with Crippen LogP contribution in [0.5, 0.6) is 0 Å². The largest absolute Gasteiger partial charge is 0.351 e. The number of aromatic nitrogens is 2. The van der Waals surface area contributed by atoms with Crippen molar-refractivity contribution in [3.63, 3.8) is 0 Å². The molecule has 116 valence electrons. The van der Waals surface area contributed by atoms with E-state index in [2.05, 4.69) is 22.7 Å². The van der Waals surface area contributed by atoms with Crippen molar-refractivity contribution in [3.8, 4) is 0 Å². The summed E-state index contributed by atoms with van der Waals surface area (Å²) in [6.45, 7) is 4.09. The Morgan fingerprint density at radius 1 is 1.23 bits per heavy atom. The van der Waals surface area contributed by atoms with Gasteiger partial charge in [0.25, 0.3) is 5.91 Å². The van der Waals surface area contributed by atoms with E-state index in [4.69, 9.17) is 5.73 Å². The van der Waals surface area contributed by atoms with Gasteiger partial charge in [-0.2, -0.15) is 5.10 Å². The van der Waals surface area contributed by atoms with Crippen LogP contribution in [0, 0.1) is 0 Å². The highest BCUT2D eigenvalue weighted by atomic mass is 16.2. The van der Waals surface area contributed by atoms with E-state index >= 15 is 0 Å². The zero-order valence-electron chi connectivity index (χ0n) is 12.5. The Kier molecular flexibility index (Phi) is 4.77. The predicted octanol–water partition coefficient (Wildman–Crippen LogP) is 2.60. The van der Waals surface area contributed by atoms with Crippen LogP contribution in [-0.4, -0.2) is 21.7 Å². The maximum absolute atomic E-state index is 12.2. The number of hydrogen-bond acceptors (Lipinski definition) is 3. The average molecular weight is 301 g/mol. The second-order valence-electron chi connectivity index (χ2n) is 4.94. The molecule has 2 rings (SSSR count). The molecule has 0 fully saturated rings. The van der Waals surface area contributed by atoms with Crippen molar-refractivity contribution >= 4 is 23.4 Å². The third-order valence-electron chi connectivity index (χ3n) is 3.33. The van der Waals surface area contributed by atoms with Crippen molar-refractivity contribution < 1.29 is 9.59 Å². The zero-order chi connectivity index (χ0) is 16.1. The van der Waals surface area contributed by atoms with Gasteiger partial charge in [-0.25, -0.2) is 9.48 Å². The molecule has 2 aromatic rings. The van der Waals surface area contributed by atoms with E-state index in [-0.39, 0.29) is 11.9 Å². The van der Waals surface area contributed by atoms with Crippen molar-refractivity contribution in [2.45, 2.75) is 26.3 Å². The van der Waals surface area contributed by atoms with Crippen molar-refractivity contribution in [1.82, 2.24) is 9.78 Å². The molecule has 1 unspecified atom stereocenters. The normalized spacial score (nSPS) is 11.7. The first-order valence-electron chi connectivity index (χ1n) is 7.02. The maximum Gasteiger partial charge on any atom is 0.316 e. The van der Waals surface area contributed by atoms with Crippen LogP contribution in [-0.2, 0) is 0 Å². The summed E-state index contributed by atoms with van der Waals surface area (Å²) >= 11 is 0. The average Bonchev–Trinajstić information content (AvgIpc) is 2.94. The molecule has 3 amide bonds. The van der Waals surface area contributed by atoms with Crippen molar-refractivity contribution in [3.05, 3.63) is 42.1 Å². The summed E-state index contributed by atoms with van der Waals surface area (Å²) in [5.74, 6) is 0.411. The minimum Gasteiger partial charge on any atom is -0.351 e. The van der Waals surface area contributed by atoms with Gasteiger partial charge in [-0.15, -0.1) is 0 Å². The lowest BCUT2D eigenvalue weighted by atomic mass is 10.2. The predicted molar refractivity (Wildman–Crippen MR) is 84.8 cm³/mol. The third kappa shape index (κ3) is 3.63. The van der Waals surface area contributed by atoms with Crippen LogP contribution in [0.15, 0.2) is 36.5 Å². The molecular formula is C15H19N5O2. The Hall–Kier alpha value is -2.83. The number of rotatable bonds is 5. The zero-order valence-corrected chi connectivity index (χ0v) is 12.5. The van der Waals surface area contributed by atoms with Gasteiger partial charge in [0.2, 0.25) is 0 Å². The van der Waals surface area contributed by atoms with E-state index in [0.29, 0.717) is 17.1 Å². The molecule has 0 saturated carbocycles. The summed E-state index contributed by atoms with van der Waals surface area (Å²) in [6.07, 6.45) is 2.57. The van der Waals surface area contributed by atoms with E-state index in [1.165, 1.54) is 0 Å². The molecule has 0 saturated heterocycles. The number of nitrogens with zero attached hydrogens (tertiary/aromatic N) is 2. The first kappa shape index (κ1) is 15.6. The van der Waals surface area contributed by atoms with Gasteiger partial charge < -0.3 is 16.4 Å². The van der Waals surface area contributed by atoms with Crippen LogP contribution < -0.4 is 16.4 Å². The summed E-state index contributed by atoms with van der Waals surface area (Å²) in [5.41, 5.74) is 6.05. The highest BCUT2D eigenvalue weighted by Gasteiger charge is 2.12. The first-order valence-corrected chi connectivity index (χ1v) is 7.02. The molecule has 0 radical (unpaired) electrons. The van der Waals surface area contributed by atoms with Gasteiger partial charge in [-0.1, -0.05) is 6.92 Å². The van der Waals surface area contributed by atoms with Gasteiger partial charge in [0.1, 0.15) is 5.82 Å². The van der Waals surface area contributed by atoms with Crippen LogP contribution in [0.3, 0.4) is 0 Å². The molecule has 22 heavy (non-hydrogen) atoms. The Labute approximate surface area is 128 Å². The molecule has 0 aliphatic rings. The summed E-state index contributed by atoms with van der Waals surface area (Å²) in [6, 6.07) is 7.78. The number of hydrogen-bond donors (Lipinski definition) is 3. The van der Waals surface area contributed by atoms with Gasteiger partial charge >= 0.3 is 6.03 Å². The van der Waals surface area contributed by atoms with Crippen molar-refractivity contribution in [2.24, 2.45) is 5.73 Å². The maximum atomic E-state index is 12.2. The van der Waals surface area contributed by atoms with Crippen LogP contribution in [0.4, 0.5) is 16.3 Å². The molecule has 0 aliphatic heterocycles. The molecule has 1 atom stereocenters. The van der Waals surface area contributed by atoms with Gasteiger partial charge in [-0.3, -0.25) is 4.79 Å². The minimum atomic E-state index is -0.644. The number of carbonyl (C=O) groups is 2. The van der Waals surface area contributed by atoms with E-state index in [0.717, 1.165) is 6.42 Å². The smallest absolute Gasteiger partial charge is 0.316 e. The molecule has 0 bridgehead atoms. The number of primary amides is 1. The fourth-order valence-electron chi connectivity index (χ4n) is 1.97. The number of nitrogens with two attached hydrogens (primary N) is 1. The quantitative estimate of drug-likeness (QED) is 0.791. The molecule has 7 heteroatoms. The van der Waals surface area contributed by atoms with Gasteiger partial charge in [-0.05, 0) is 37.6 Å². The van der Waals surface area contributed by atoms with Crippen LogP contribution in [0.25, 0.3) is 0 Å². The number of anilines is 2. The van der Waals surface area contributed by atoms with E-state index in [1.54, 1.807) is 41.2 Å². The Bertz CT molecular complexity index is 663. The summed E-state index contributed by atoms with van der Waals surface area (Å²) in [7, 11) is 0. The topological polar surface area (TPSA) is 102 Å². The number of amides is 3. The van der Waals surface area contributed by atoms with Gasteiger partial charge in [0.05, 0.1) is 12.2 Å². The Morgan fingerprint density at radius 2 is 1.91 bits per heavy atom. The van der Waals surface area contributed by atoms with E-state index in [9.17, 15) is 9.59 Å². The Morgan fingerprint density at radius 3 is 2.50 bits per heavy atom. The highest BCUT2D eigenvalue weighted by Crippen LogP contribution is 2.17. The fraction of sp³-hybridized carbons (Fsp3) is 0.267. The van der Waals surface area contributed by atoms with Crippen molar-refractivity contribution in [2.75, 3.05) is 10.6 Å². The summed E-state index contributed by atoms with van der Waals surface area (Å²) < 4.78 is 1.78. The number of nitrogens with one attached hydrogen (secondary N) is 2. The third-order valence-corrected chi connectivity index (χ3v) is 3.33. The van der Waals surface area contributed by atoms with Crippen LogP contribution >= 0.6 is 0 Å². The van der Waals surface area contributed by atoms with E-state index < -0.39 is 6.03 Å². The minimum absolute atomic E-state index is 0.201. The number of carbonyl (C=O) groups excluding carboxylic acids is 2. The SMILES string of the molecule is CCC(C)n1nccc1NC(=O)c1ccc(NC(N)=O)cc1. The molecule has 7 nitrogen and oxygen atoms in total. The summed E-state index contributed by atoms with van der Waals surface area (Å²) in [5, 5.41) is 9.49. The van der Waals surface area contributed by atoms with E-state index in [1.807, 2.05) is 6.92 Å². The van der Waals surface area contributed by atoms with Crippen LogP contribution in [0.1, 0.15) is 36.7 Å². The highest BCUT2D eigenvalue weighted by molar-refractivity contribution is 6.04. The summed E-state index contributed by atoms with van der Waals surface area (Å²) in [4.78, 5) is 23.0. The van der Waals surface area contributed by atoms with Gasteiger partial charge in [0.15, 0.2) is 0 Å². The lowest BCUT2D eigenvalue weighted by Gasteiger charge is -2.14. The second-order valence-corrected chi connectivity index (χ2v) is 4.94. The first-order chi connectivity index (χ1) is 10.5. The Balaban J connectivity index is 2.09. The molecule has 1 heterocycles. The second kappa shape index (κ2) is 6.75. The fourth-order valence-corrected chi connectivity index (χ4v) is 1.97. The standard InChI is InChI=1S/C15H19N5O2/c1-3-10(2)20-13(8-9-17-20)19-14(21)11-4-6-12(7-5-11)18-15(16)22/h4-10H,3H2,1-2H3,(H,19,21)(H3,16,18,22). The van der Waals surface area contributed by atoms with Gasteiger partial charge in [0, 0.05) is 17.3 Å². The van der Waals surface area contributed by atoms with Crippen molar-refractivity contribution in [1.29, 1.82) is 0 Å². The van der Waals surface area contributed by atoms with Crippen LogP contribution in [0.2, 0.25) is 0 Å². The number of urea groups is 1. The molecule has 0 aliphatic carbocycles. The monoisotopic (exact) mass is 301 g/mol. The molecule has 1 aromatic heterocycles.